The summed E-state index contributed by atoms with van der Waals surface area (Å²) in [5.74, 6) is 0. The molecule has 1 unspecified atom stereocenters. The van der Waals surface area contributed by atoms with Gasteiger partial charge in [-0.05, 0) is 5.30 Å². The molecule has 1 atom stereocenters. The van der Waals surface area contributed by atoms with Crippen LogP contribution in [0.25, 0.3) is 0 Å². The third kappa shape index (κ3) is 3.00. The van der Waals surface area contributed by atoms with Gasteiger partial charge in [-0.2, -0.15) is 0 Å². The van der Waals surface area contributed by atoms with E-state index in [0.29, 0.717) is 8.81 Å². The summed E-state index contributed by atoms with van der Waals surface area (Å²) in [7, 11) is 2.20. The lowest BCUT2D eigenvalue weighted by atomic mass is 10.4. The van der Waals surface area contributed by atoms with Crippen LogP contribution in [0.4, 0.5) is 0 Å². The Labute approximate surface area is 65.2 Å². The standard InChI is InChI=1S/C7H9OP.BH3/c1-8-9-7-5-3-2-4-6-7;/h2-6,9H,1H3;1H3. The van der Waals surface area contributed by atoms with Crippen LogP contribution in [-0.4, -0.2) is 15.5 Å². The SMILES string of the molecule is B.COPc1ccccc1. The lowest BCUT2D eigenvalue weighted by Gasteiger charge is -1.94. The first-order valence-electron chi connectivity index (χ1n) is 2.77. The van der Waals surface area contributed by atoms with Crippen molar-refractivity contribution in [2.24, 2.45) is 0 Å². The van der Waals surface area contributed by atoms with Gasteiger partial charge in [0.1, 0.15) is 0 Å². The van der Waals surface area contributed by atoms with E-state index in [2.05, 4.69) is 12.1 Å². The van der Waals surface area contributed by atoms with Crippen LogP contribution in [0.3, 0.4) is 0 Å². The normalized spacial score (nSPS) is 9.70. The van der Waals surface area contributed by atoms with Gasteiger partial charge in [0.05, 0.1) is 8.41 Å². The molecule has 0 aliphatic rings. The van der Waals surface area contributed by atoms with Gasteiger partial charge in [-0.15, -0.1) is 0 Å². The zero-order valence-corrected chi connectivity index (χ0v) is 6.29. The van der Waals surface area contributed by atoms with E-state index >= 15 is 0 Å². The third-order valence-electron chi connectivity index (χ3n) is 0.994. The zero-order chi connectivity index (χ0) is 6.53. The van der Waals surface area contributed by atoms with Gasteiger partial charge in [0, 0.05) is 15.9 Å². The summed E-state index contributed by atoms with van der Waals surface area (Å²) in [5.41, 5.74) is 0. The van der Waals surface area contributed by atoms with Gasteiger partial charge in [0.25, 0.3) is 0 Å². The van der Waals surface area contributed by atoms with Crippen LogP contribution in [0.15, 0.2) is 30.3 Å². The largest absolute Gasteiger partial charge is 0.361 e. The minimum Gasteiger partial charge on any atom is -0.361 e. The fourth-order valence-electron chi connectivity index (χ4n) is 0.624. The van der Waals surface area contributed by atoms with Crippen LogP contribution in [0.1, 0.15) is 0 Å². The Hall–Kier alpha value is -0.325. The number of hydrogen-bond acceptors (Lipinski definition) is 1. The predicted molar refractivity (Wildman–Crippen MR) is 51.3 cm³/mol. The van der Waals surface area contributed by atoms with Crippen LogP contribution >= 0.6 is 8.81 Å². The maximum atomic E-state index is 4.96. The van der Waals surface area contributed by atoms with E-state index in [9.17, 15) is 0 Å². The summed E-state index contributed by atoms with van der Waals surface area (Å²) in [6, 6.07) is 10.1. The van der Waals surface area contributed by atoms with Crippen LogP contribution in [0.2, 0.25) is 0 Å². The van der Waals surface area contributed by atoms with E-state index in [1.54, 1.807) is 7.11 Å². The molecular weight excluding hydrogens is 142 g/mol. The quantitative estimate of drug-likeness (QED) is 0.441. The lowest BCUT2D eigenvalue weighted by Crippen LogP contribution is -1.90. The highest BCUT2D eigenvalue weighted by Gasteiger charge is 1.84. The minimum atomic E-state index is 0. The van der Waals surface area contributed by atoms with Gasteiger partial charge >= 0.3 is 0 Å². The molecule has 1 rings (SSSR count). The van der Waals surface area contributed by atoms with Gasteiger partial charge in [-0.3, -0.25) is 0 Å². The van der Waals surface area contributed by atoms with Crippen molar-refractivity contribution in [2.75, 3.05) is 7.11 Å². The fourth-order valence-corrected chi connectivity index (χ4v) is 1.19. The summed E-state index contributed by atoms with van der Waals surface area (Å²) < 4.78 is 4.96. The average molecular weight is 154 g/mol. The highest BCUT2D eigenvalue weighted by Crippen LogP contribution is 2.07. The fraction of sp³-hybridized carbons (Fsp3) is 0.143. The number of rotatable bonds is 2. The Balaban J connectivity index is 0.000000810. The Morgan fingerprint density at radius 1 is 1.20 bits per heavy atom. The third-order valence-corrected chi connectivity index (χ3v) is 1.77. The molecular formula is C7H12BOP. The molecule has 0 bridgehead atoms. The Bertz CT molecular complexity index is 167. The number of benzene rings is 1. The van der Waals surface area contributed by atoms with Crippen molar-refractivity contribution in [3.8, 4) is 0 Å². The molecule has 0 amide bonds. The zero-order valence-electron chi connectivity index (χ0n) is 5.29. The maximum Gasteiger partial charge on any atom is 0.0814 e. The molecule has 54 valence electrons. The molecule has 10 heavy (non-hydrogen) atoms. The van der Waals surface area contributed by atoms with Gasteiger partial charge in [-0.1, -0.05) is 30.3 Å². The van der Waals surface area contributed by atoms with Crippen molar-refractivity contribution >= 4 is 22.5 Å². The van der Waals surface area contributed by atoms with E-state index in [0.717, 1.165) is 0 Å². The van der Waals surface area contributed by atoms with Crippen LogP contribution in [-0.2, 0) is 4.52 Å². The molecule has 0 N–H and O–H groups in total. The first-order valence-corrected chi connectivity index (χ1v) is 3.68. The lowest BCUT2D eigenvalue weighted by molar-refractivity contribution is 0.481. The Morgan fingerprint density at radius 2 is 1.80 bits per heavy atom. The minimum absolute atomic E-state index is 0. The molecule has 0 aromatic heterocycles. The van der Waals surface area contributed by atoms with E-state index in [1.165, 1.54) is 5.30 Å². The van der Waals surface area contributed by atoms with Crippen LogP contribution < -0.4 is 5.30 Å². The van der Waals surface area contributed by atoms with Crippen molar-refractivity contribution < 1.29 is 4.52 Å². The highest BCUT2D eigenvalue weighted by atomic mass is 31.1. The maximum absolute atomic E-state index is 4.96. The number of hydrogen-bond donors (Lipinski definition) is 0. The molecule has 1 aromatic carbocycles. The highest BCUT2D eigenvalue weighted by molar-refractivity contribution is 7.41. The average Bonchev–Trinajstić information content (AvgIpc) is 1.91. The van der Waals surface area contributed by atoms with E-state index < -0.39 is 0 Å². The van der Waals surface area contributed by atoms with Crippen molar-refractivity contribution in [2.45, 2.75) is 0 Å². The molecule has 0 aliphatic heterocycles. The van der Waals surface area contributed by atoms with Crippen molar-refractivity contribution in [3.05, 3.63) is 30.3 Å². The second-order valence-electron chi connectivity index (χ2n) is 1.67. The molecule has 0 aliphatic carbocycles. The van der Waals surface area contributed by atoms with Crippen LogP contribution in [0.5, 0.6) is 0 Å². The first-order chi connectivity index (χ1) is 4.43. The molecule has 0 heterocycles. The Kier molecular flexibility index (Phi) is 5.28. The summed E-state index contributed by atoms with van der Waals surface area (Å²) in [6.45, 7) is 0. The second-order valence-corrected chi connectivity index (χ2v) is 2.86. The van der Waals surface area contributed by atoms with E-state index in [-0.39, 0.29) is 8.41 Å². The van der Waals surface area contributed by atoms with Gasteiger partial charge < -0.3 is 4.52 Å². The predicted octanol–water partition coefficient (Wildman–Crippen LogP) is 0.368. The molecule has 0 radical (unpaired) electrons. The first kappa shape index (κ1) is 9.67. The molecule has 0 saturated heterocycles. The molecule has 0 fully saturated rings. The molecule has 3 heteroatoms. The second kappa shape index (κ2) is 5.46. The summed E-state index contributed by atoms with van der Waals surface area (Å²) in [6.07, 6.45) is 0. The smallest absolute Gasteiger partial charge is 0.0814 e. The van der Waals surface area contributed by atoms with Gasteiger partial charge in [0.15, 0.2) is 0 Å². The summed E-state index contributed by atoms with van der Waals surface area (Å²) in [4.78, 5) is 0. The van der Waals surface area contributed by atoms with E-state index in [1.807, 2.05) is 18.2 Å². The van der Waals surface area contributed by atoms with Gasteiger partial charge in [-0.25, -0.2) is 0 Å². The molecule has 1 aromatic rings. The molecule has 0 saturated carbocycles. The summed E-state index contributed by atoms with van der Waals surface area (Å²) in [5, 5.41) is 1.25. The van der Waals surface area contributed by atoms with E-state index in [4.69, 9.17) is 4.52 Å². The Morgan fingerprint density at radius 3 is 2.30 bits per heavy atom. The van der Waals surface area contributed by atoms with Gasteiger partial charge in [0.2, 0.25) is 0 Å². The monoisotopic (exact) mass is 154 g/mol. The molecule has 0 spiro atoms. The van der Waals surface area contributed by atoms with Crippen LogP contribution in [0, 0.1) is 0 Å². The topological polar surface area (TPSA) is 9.23 Å². The van der Waals surface area contributed by atoms with Crippen molar-refractivity contribution in [3.63, 3.8) is 0 Å². The molecule has 1 nitrogen and oxygen atoms in total. The van der Waals surface area contributed by atoms with Crippen molar-refractivity contribution in [1.29, 1.82) is 0 Å². The summed E-state index contributed by atoms with van der Waals surface area (Å²) >= 11 is 0. The van der Waals surface area contributed by atoms with Crippen molar-refractivity contribution in [1.82, 2.24) is 0 Å².